The van der Waals surface area contributed by atoms with Gasteiger partial charge in [-0.05, 0) is 49.8 Å². The lowest BCUT2D eigenvalue weighted by Gasteiger charge is -2.10. The number of nitro groups is 1. The smallest absolute Gasteiger partial charge is 0.284 e. The van der Waals surface area contributed by atoms with Gasteiger partial charge >= 0.3 is 0 Å². The highest BCUT2D eigenvalue weighted by molar-refractivity contribution is 7.99. The Morgan fingerprint density at radius 1 is 1.40 bits per heavy atom. The van der Waals surface area contributed by atoms with Crippen molar-refractivity contribution in [2.75, 3.05) is 20.1 Å². The van der Waals surface area contributed by atoms with Gasteiger partial charge in [0.1, 0.15) is 0 Å². The molecule has 1 amide bonds. The fourth-order valence-corrected chi connectivity index (χ4v) is 3.38. The molecule has 10 heteroatoms. The van der Waals surface area contributed by atoms with Crippen LogP contribution in [0.4, 0.5) is 5.69 Å². The number of hydrogen-bond donors (Lipinski definition) is 1. The zero-order valence-electron chi connectivity index (χ0n) is 13.6. The molecule has 0 unspecified atom stereocenters. The van der Waals surface area contributed by atoms with E-state index in [0.29, 0.717) is 17.3 Å². The van der Waals surface area contributed by atoms with Crippen molar-refractivity contribution >= 4 is 23.4 Å². The number of likely N-dealkylation sites (tertiary alicyclic amines) is 1. The second-order valence-electron chi connectivity index (χ2n) is 5.57. The zero-order valence-corrected chi connectivity index (χ0v) is 14.4. The van der Waals surface area contributed by atoms with Crippen molar-refractivity contribution < 1.29 is 14.1 Å². The summed E-state index contributed by atoms with van der Waals surface area (Å²) in [6, 6.07) is 4.27. The van der Waals surface area contributed by atoms with Crippen molar-refractivity contribution in [1.29, 1.82) is 0 Å². The van der Waals surface area contributed by atoms with Gasteiger partial charge in [-0.3, -0.25) is 19.8 Å². The molecule has 1 aromatic heterocycles. The van der Waals surface area contributed by atoms with Crippen LogP contribution >= 0.6 is 11.8 Å². The molecule has 0 bridgehead atoms. The van der Waals surface area contributed by atoms with Gasteiger partial charge in [0.2, 0.25) is 5.89 Å². The number of aromatic nitrogens is 2. The second kappa shape index (κ2) is 7.62. The summed E-state index contributed by atoms with van der Waals surface area (Å²) in [5.41, 5.74) is 0.0456. The lowest BCUT2D eigenvalue weighted by atomic mass is 10.2. The standard InChI is InChI=1S/C15H17N5O4S/c1-16-14(21)10-4-5-12(11(8-10)20(22)23)25-15-18-17-13(24-15)9-19-6-2-3-7-19/h4-5,8H,2-3,6-7,9H2,1H3,(H,16,21). The molecular formula is C15H17N5O4S. The highest BCUT2D eigenvalue weighted by atomic mass is 32.2. The lowest BCUT2D eigenvalue weighted by Crippen LogP contribution is -2.18. The average Bonchev–Trinajstić information content (AvgIpc) is 3.27. The van der Waals surface area contributed by atoms with E-state index in [1.807, 2.05) is 0 Å². The number of amides is 1. The first-order chi connectivity index (χ1) is 12.1. The molecule has 0 aliphatic carbocycles. The minimum absolute atomic E-state index is 0.176. The Balaban J connectivity index is 1.76. The van der Waals surface area contributed by atoms with Crippen LogP contribution in [0.15, 0.2) is 32.7 Å². The first kappa shape index (κ1) is 17.4. The third-order valence-electron chi connectivity index (χ3n) is 3.85. The van der Waals surface area contributed by atoms with Gasteiger partial charge in [-0.2, -0.15) is 0 Å². The first-order valence-electron chi connectivity index (χ1n) is 7.80. The number of carbonyl (C=O) groups excluding carboxylic acids is 1. The van der Waals surface area contributed by atoms with Crippen LogP contribution in [0.25, 0.3) is 0 Å². The van der Waals surface area contributed by atoms with Crippen LogP contribution in [0.5, 0.6) is 0 Å². The van der Waals surface area contributed by atoms with E-state index < -0.39 is 4.92 Å². The molecule has 2 heterocycles. The summed E-state index contributed by atoms with van der Waals surface area (Å²) in [5.74, 6) is 0.111. The summed E-state index contributed by atoms with van der Waals surface area (Å²) in [6.45, 7) is 2.61. The normalized spacial score (nSPS) is 14.6. The van der Waals surface area contributed by atoms with Gasteiger partial charge in [-0.25, -0.2) is 0 Å². The lowest BCUT2D eigenvalue weighted by molar-refractivity contribution is -0.387. The molecule has 0 atom stereocenters. The van der Waals surface area contributed by atoms with Gasteiger partial charge in [0.05, 0.1) is 16.4 Å². The predicted octanol–water partition coefficient (Wildman–Crippen LogP) is 2.08. The van der Waals surface area contributed by atoms with Crippen LogP contribution in [-0.4, -0.2) is 46.1 Å². The van der Waals surface area contributed by atoms with Gasteiger partial charge in [-0.15, -0.1) is 10.2 Å². The number of rotatable bonds is 6. The minimum atomic E-state index is -0.531. The molecule has 2 aromatic rings. The van der Waals surface area contributed by atoms with Crippen molar-refractivity contribution in [3.05, 3.63) is 39.8 Å². The van der Waals surface area contributed by atoms with Crippen LogP contribution in [0.1, 0.15) is 29.1 Å². The van der Waals surface area contributed by atoms with E-state index >= 15 is 0 Å². The second-order valence-corrected chi connectivity index (χ2v) is 6.56. The number of nitrogens with zero attached hydrogens (tertiary/aromatic N) is 4. The van der Waals surface area contributed by atoms with E-state index in [4.69, 9.17) is 4.42 Å². The van der Waals surface area contributed by atoms with Crippen molar-refractivity contribution in [3.8, 4) is 0 Å². The van der Waals surface area contributed by atoms with Crippen LogP contribution in [0.2, 0.25) is 0 Å². The summed E-state index contributed by atoms with van der Waals surface area (Å²) in [4.78, 5) is 25.0. The Hall–Kier alpha value is -2.46. The fraction of sp³-hybridized carbons (Fsp3) is 0.400. The maximum atomic E-state index is 11.6. The highest BCUT2D eigenvalue weighted by Crippen LogP contribution is 2.34. The van der Waals surface area contributed by atoms with E-state index in [2.05, 4.69) is 20.4 Å². The fourth-order valence-electron chi connectivity index (χ4n) is 2.60. The third kappa shape index (κ3) is 4.15. The van der Waals surface area contributed by atoms with E-state index in [1.54, 1.807) is 0 Å². The average molecular weight is 363 g/mol. The van der Waals surface area contributed by atoms with Crippen LogP contribution in [-0.2, 0) is 6.54 Å². The van der Waals surface area contributed by atoms with Gasteiger partial charge in [0, 0.05) is 18.7 Å². The topological polar surface area (TPSA) is 114 Å². The monoisotopic (exact) mass is 363 g/mol. The molecule has 25 heavy (non-hydrogen) atoms. The molecule has 0 saturated carbocycles. The van der Waals surface area contributed by atoms with E-state index in [1.165, 1.54) is 38.1 Å². The SMILES string of the molecule is CNC(=O)c1ccc(Sc2nnc(CN3CCCC3)o2)c([N+](=O)[O-])c1. The molecule has 1 N–H and O–H groups in total. The van der Waals surface area contributed by atoms with Crippen molar-refractivity contribution in [3.63, 3.8) is 0 Å². The number of carbonyl (C=O) groups is 1. The summed E-state index contributed by atoms with van der Waals surface area (Å²) in [7, 11) is 1.47. The highest BCUT2D eigenvalue weighted by Gasteiger charge is 2.21. The first-order valence-corrected chi connectivity index (χ1v) is 8.61. The Morgan fingerprint density at radius 3 is 2.84 bits per heavy atom. The van der Waals surface area contributed by atoms with Crippen LogP contribution in [0.3, 0.4) is 0 Å². The summed E-state index contributed by atoms with van der Waals surface area (Å²) < 4.78 is 5.58. The Kier molecular flexibility index (Phi) is 5.29. The quantitative estimate of drug-likeness (QED) is 0.613. The maximum absolute atomic E-state index is 11.6. The van der Waals surface area contributed by atoms with Gasteiger partial charge in [0.25, 0.3) is 16.8 Å². The van der Waals surface area contributed by atoms with Crippen LogP contribution in [0, 0.1) is 10.1 Å². The number of nitro benzene ring substituents is 1. The van der Waals surface area contributed by atoms with Gasteiger partial charge in [-0.1, -0.05) is 0 Å². The van der Waals surface area contributed by atoms with Crippen molar-refractivity contribution in [2.45, 2.75) is 29.5 Å². The molecule has 0 radical (unpaired) electrons. The summed E-state index contributed by atoms with van der Waals surface area (Å²) in [5, 5.41) is 21.9. The van der Waals surface area contributed by atoms with E-state index in [-0.39, 0.29) is 22.4 Å². The van der Waals surface area contributed by atoms with Crippen molar-refractivity contribution in [2.24, 2.45) is 0 Å². The van der Waals surface area contributed by atoms with E-state index in [0.717, 1.165) is 24.9 Å². The van der Waals surface area contributed by atoms with Gasteiger partial charge < -0.3 is 9.73 Å². The zero-order chi connectivity index (χ0) is 17.8. The molecule has 1 saturated heterocycles. The van der Waals surface area contributed by atoms with Crippen molar-refractivity contribution in [1.82, 2.24) is 20.4 Å². The predicted molar refractivity (Wildman–Crippen MR) is 89.4 cm³/mol. The van der Waals surface area contributed by atoms with Crippen LogP contribution < -0.4 is 5.32 Å². The number of hydrogen-bond acceptors (Lipinski definition) is 8. The molecule has 132 valence electrons. The Labute approximate surface area is 147 Å². The summed E-state index contributed by atoms with van der Waals surface area (Å²) in [6.07, 6.45) is 2.33. The third-order valence-corrected chi connectivity index (χ3v) is 4.75. The molecule has 9 nitrogen and oxygen atoms in total. The summed E-state index contributed by atoms with van der Waals surface area (Å²) >= 11 is 1.02. The molecule has 1 aliphatic heterocycles. The maximum Gasteiger partial charge on any atom is 0.284 e. The molecule has 3 rings (SSSR count). The molecule has 1 aromatic carbocycles. The molecular weight excluding hydrogens is 346 g/mol. The molecule has 1 fully saturated rings. The molecule has 1 aliphatic rings. The number of benzene rings is 1. The largest absolute Gasteiger partial charge is 0.414 e. The number of nitrogens with one attached hydrogen (secondary N) is 1. The van der Waals surface area contributed by atoms with Gasteiger partial charge in [0.15, 0.2) is 0 Å². The molecule has 0 spiro atoms. The minimum Gasteiger partial charge on any atom is -0.414 e. The van der Waals surface area contributed by atoms with E-state index in [9.17, 15) is 14.9 Å². The Morgan fingerprint density at radius 2 is 2.16 bits per heavy atom. The Bertz CT molecular complexity index is 788.